The summed E-state index contributed by atoms with van der Waals surface area (Å²) in [7, 11) is 0. The first-order valence-electron chi connectivity index (χ1n) is 5.42. The predicted octanol–water partition coefficient (Wildman–Crippen LogP) is 2.37. The van der Waals surface area contributed by atoms with Crippen LogP contribution in [0.5, 0.6) is 0 Å². The molecule has 4 nitrogen and oxygen atoms in total. The number of anilines is 1. The number of rotatable bonds is 5. The highest BCUT2D eigenvalue weighted by molar-refractivity contribution is 7.13. The van der Waals surface area contributed by atoms with E-state index >= 15 is 0 Å². The minimum atomic E-state index is -0.437. The van der Waals surface area contributed by atoms with Crippen molar-refractivity contribution in [2.45, 2.75) is 45.6 Å². The lowest BCUT2D eigenvalue weighted by Gasteiger charge is -2.03. The van der Waals surface area contributed by atoms with E-state index in [0.29, 0.717) is 23.9 Å². The van der Waals surface area contributed by atoms with Crippen LogP contribution in [0.25, 0.3) is 0 Å². The number of hydrogen-bond donors (Lipinski definition) is 2. The van der Waals surface area contributed by atoms with Crippen molar-refractivity contribution in [2.24, 2.45) is 0 Å². The van der Waals surface area contributed by atoms with Crippen molar-refractivity contribution in [2.75, 3.05) is 5.32 Å². The standard InChI is InChI=1S/C11H18N2O2S/c1-7(2)9-6-16-11(12-9)13-10(15)5-4-8(3)14/h6-8,14H,4-5H2,1-3H3,(H,12,13,15). The Kier molecular flexibility index (Phi) is 4.89. The minimum absolute atomic E-state index is 0.0921. The number of hydrogen-bond acceptors (Lipinski definition) is 4. The molecule has 1 aromatic heterocycles. The van der Waals surface area contributed by atoms with Gasteiger partial charge in [-0.25, -0.2) is 4.98 Å². The van der Waals surface area contributed by atoms with E-state index in [0.717, 1.165) is 5.69 Å². The van der Waals surface area contributed by atoms with Gasteiger partial charge < -0.3 is 10.4 Å². The first-order valence-corrected chi connectivity index (χ1v) is 6.30. The third-order valence-electron chi connectivity index (χ3n) is 2.15. The Morgan fingerprint density at radius 1 is 1.56 bits per heavy atom. The van der Waals surface area contributed by atoms with Gasteiger partial charge in [-0.3, -0.25) is 4.79 Å². The van der Waals surface area contributed by atoms with Gasteiger partial charge in [0.1, 0.15) is 0 Å². The molecule has 0 bridgehead atoms. The summed E-state index contributed by atoms with van der Waals surface area (Å²) >= 11 is 1.43. The molecule has 1 rings (SSSR count). The van der Waals surface area contributed by atoms with E-state index in [-0.39, 0.29) is 5.91 Å². The number of carbonyl (C=O) groups excluding carboxylic acids is 1. The Morgan fingerprint density at radius 3 is 2.75 bits per heavy atom. The summed E-state index contributed by atoms with van der Waals surface area (Å²) in [6.45, 7) is 5.80. The zero-order valence-corrected chi connectivity index (χ0v) is 10.7. The van der Waals surface area contributed by atoms with Crippen LogP contribution in [0.2, 0.25) is 0 Å². The lowest BCUT2D eigenvalue weighted by molar-refractivity contribution is -0.116. The third-order valence-corrected chi connectivity index (χ3v) is 2.92. The van der Waals surface area contributed by atoms with E-state index in [2.05, 4.69) is 24.1 Å². The number of nitrogens with one attached hydrogen (secondary N) is 1. The van der Waals surface area contributed by atoms with Crippen LogP contribution in [0.1, 0.15) is 45.2 Å². The molecule has 0 aliphatic carbocycles. The van der Waals surface area contributed by atoms with Gasteiger partial charge in [0, 0.05) is 11.8 Å². The molecule has 90 valence electrons. The van der Waals surface area contributed by atoms with Crippen LogP contribution >= 0.6 is 11.3 Å². The lowest BCUT2D eigenvalue weighted by atomic mass is 10.2. The highest BCUT2D eigenvalue weighted by Crippen LogP contribution is 2.21. The Labute approximate surface area is 99.7 Å². The smallest absolute Gasteiger partial charge is 0.226 e. The Morgan fingerprint density at radius 2 is 2.25 bits per heavy atom. The van der Waals surface area contributed by atoms with Gasteiger partial charge in [0.2, 0.25) is 5.91 Å². The molecule has 2 N–H and O–H groups in total. The molecule has 0 spiro atoms. The van der Waals surface area contributed by atoms with Gasteiger partial charge in [0.15, 0.2) is 5.13 Å². The average Bonchev–Trinajstić information content (AvgIpc) is 2.63. The molecule has 1 aromatic rings. The van der Waals surface area contributed by atoms with E-state index in [1.54, 1.807) is 6.92 Å². The van der Waals surface area contributed by atoms with Gasteiger partial charge in [0.05, 0.1) is 11.8 Å². The van der Waals surface area contributed by atoms with Crippen LogP contribution in [0, 0.1) is 0 Å². The van der Waals surface area contributed by atoms with Crippen LogP contribution in [0.15, 0.2) is 5.38 Å². The molecule has 0 aliphatic rings. The van der Waals surface area contributed by atoms with Gasteiger partial charge in [-0.15, -0.1) is 11.3 Å². The first kappa shape index (κ1) is 13.1. The fourth-order valence-electron chi connectivity index (χ4n) is 1.13. The zero-order valence-electron chi connectivity index (χ0n) is 9.86. The van der Waals surface area contributed by atoms with E-state index in [9.17, 15) is 4.79 Å². The highest BCUT2D eigenvalue weighted by Gasteiger charge is 2.09. The molecule has 1 amide bonds. The molecule has 0 aliphatic heterocycles. The molecule has 0 radical (unpaired) electrons. The summed E-state index contributed by atoms with van der Waals surface area (Å²) in [5.74, 6) is 0.282. The molecular formula is C11H18N2O2S. The number of nitrogens with zero attached hydrogens (tertiary/aromatic N) is 1. The van der Waals surface area contributed by atoms with Crippen LogP contribution in [-0.2, 0) is 4.79 Å². The first-order chi connectivity index (χ1) is 7.49. The Hall–Kier alpha value is -0.940. The molecule has 0 saturated heterocycles. The monoisotopic (exact) mass is 242 g/mol. The highest BCUT2D eigenvalue weighted by atomic mass is 32.1. The lowest BCUT2D eigenvalue weighted by Crippen LogP contribution is -2.13. The fourth-order valence-corrected chi connectivity index (χ4v) is 2.02. The van der Waals surface area contributed by atoms with E-state index in [1.807, 2.05) is 5.38 Å². The Bertz CT molecular complexity index is 348. The molecule has 0 fully saturated rings. The Balaban J connectivity index is 2.43. The number of carbonyl (C=O) groups is 1. The quantitative estimate of drug-likeness (QED) is 0.833. The van der Waals surface area contributed by atoms with Gasteiger partial charge in [-0.2, -0.15) is 0 Å². The maximum atomic E-state index is 11.4. The van der Waals surface area contributed by atoms with Crippen molar-refractivity contribution in [3.63, 3.8) is 0 Å². The summed E-state index contributed by atoms with van der Waals surface area (Å²) in [5.41, 5.74) is 0.996. The van der Waals surface area contributed by atoms with Gasteiger partial charge >= 0.3 is 0 Å². The second-order valence-electron chi connectivity index (χ2n) is 4.17. The SMILES string of the molecule is CC(O)CCC(=O)Nc1nc(C(C)C)cs1. The normalized spacial score (nSPS) is 12.8. The zero-order chi connectivity index (χ0) is 12.1. The van der Waals surface area contributed by atoms with Gasteiger partial charge in [-0.05, 0) is 19.3 Å². The predicted molar refractivity (Wildman–Crippen MR) is 65.7 cm³/mol. The fraction of sp³-hybridized carbons (Fsp3) is 0.636. The molecule has 5 heteroatoms. The number of aliphatic hydroxyl groups excluding tert-OH is 1. The molecule has 1 atom stereocenters. The van der Waals surface area contributed by atoms with E-state index in [4.69, 9.17) is 5.11 Å². The number of thiazole rings is 1. The summed E-state index contributed by atoms with van der Waals surface area (Å²) in [6, 6.07) is 0. The molecule has 0 aromatic carbocycles. The summed E-state index contributed by atoms with van der Waals surface area (Å²) in [6.07, 6.45) is 0.371. The second-order valence-corrected chi connectivity index (χ2v) is 5.03. The third kappa shape index (κ3) is 4.28. The number of aliphatic hydroxyl groups is 1. The topological polar surface area (TPSA) is 62.2 Å². The van der Waals surface area contributed by atoms with Crippen molar-refractivity contribution in [3.05, 3.63) is 11.1 Å². The van der Waals surface area contributed by atoms with Gasteiger partial charge in [0.25, 0.3) is 0 Å². The minimum Gasteiger partial charge on any atom is -0.393 e. The summed E-state index contributed by atoms with van der Waals surface area (Å²) in [5, 5.41) is 14.4. The van der Waals surface area contributed by atoms with Crippen LogP contribution in [0.4, 0.5) is 5.13 Å². The van der Waals surface area contributed by atoms with Crippen LogP contribution in [0.3, 0.4) is 0 Å². The van der Waals surface area contributed by atoms with E-state index < -0.39 is 6.10 Å². The van der Waals surface area contributed by atoms with E-state index in [1.165, 1.54) is 11.3 Å². The van der Waals surface area contributed by atoms with Crippen LogP contribution < -0.4 is 5.32 Å². The molecule has 1 unspecified atom stereocenters. The summed E-state index contributed by atoms with van der Waals surface area (Å²) < 4.78 is 0. The average molecular weight is 242 g/mol. The molecular weight excluding hydrogens is 224 g/mol. The maximum absolute atomic E-state index is 11.4. The molecule has 1 heterocycles. The number of aromatic nitrogens is 1. The van der Waals surface area contributed by atoms with Crippen LogP contribution in [-0.4, -0.2) is 22.1 Å². The largest absolute Gasteiger partial charge is 0.393 e. The van der Waals surface area contributed by atoms with Crippen molar-refractivity contribution >= 4 is 22.4 Å². The van der Waals surface area contributed by atoms with Crippen molar-refractivity contribution < 1.29 is 9.90 Å². The van der Waals surface area contributed by atoms with Crippen molar-refractivity contribution in [3.8, 4) is 0 Å². The van der Waals surface area contributed by atoms with Gasteiger partial charge in [-0.1, -0.05) is 13.8 Å². The van der Waals surface area contributed by atoms with Crippen molar-refractivity contribution in [1.82, 2.24) is 4.98 Å². The molecule has 0 saturated carbocycles. The second kappa shape index (κ2) is 5.96. The summed E-state index contributed by atoms with van der Waals surface area (Å²) in [4.78, 5) is 15.7. The van der Waals surface area contributed by atoms with Crippen molar-refractivity contribution in [1.29, 1.82) is 0 Å². The molecule has 16 heavy (non-hydrogen) atoms. The number of amides is 1. The maximum Gasteiger partial charge on any atom is 0.226 e.